The van der Waals surface area contributed by atoms with Crippen molar-refractivity contribution in [3.63, 3.8) is 0 Å². The molecule has 0 radical (unpaired) electrons. The highest BCUT2D eigenvalue weighted by Gasteiger charge is 2.06. The molecule has 15 nitrogen and oxygen atoms in total. The van der Waals surface area contributed by atoms with Crippen molar-refractivity contribution in [3.8, 4) is 0 Å². The summed E-state index contributed by atoms with van der Waals surface area (Å²) in [6.45, 7) is 0. The van der Waals surface area contributed by atoms with Crippen LogP contribution in [0.25, 0.3) is 0 Å². The zero-order chi connectivity index (χ0) is 15.8. The summed E-state index contributed by atoms with van der Waals surface area (Å²) in [5.74, 6) is -0.569. The minimum atomic E-state index is -4.67. The van der Waals surface area contributed by atoms with Gasteiger partial charge in [-0.25, -0.2) is 14.7 Å². The molecule has 2 rings (SSSR count). The Hall–Kier alpha value is -2.85. The monoisotopic (exact) mass is 316 g/mol. The molecule has 0 aromatic carbocycles. The summed E-state index contributed by atoms with van der Waals surface area (Å²) in [4.78, 5) is 33.1. The molecular formula is C4H9N7O8S. The van der Waals surface area contributed by atoms with Crippen molar-refractivity contribution in [3.05, 3.63) is 37.4 Å². The van der Waals surface area contributed by atoms with E-state index in [1.54, 1.807) is 0 Å². The maximum absolute atomic E-state index is 10.1. The van der Waals surface area contributed by atoms with E-state index < -0.39 is 27.0 Å². The van der Waals surface area contributed by atoms with Gasteiger partial charge in [-0.2, -0.15) is 18.5 Å². The first-order chi connectivity index (χ1) is 9.09. The number of rotatable bonds is 1. The lowest BCUT2D eigenvalue weighted by molar-refractivity contribution is -0.394. The Morgan fingerprint density at radius 3 is 1.95 bits per heavy atom. The Kier molecular flexibility index (Phi) is 6.48. The van der Waals surface area contributed by atoms with Crippen LogP contribution in [0.4, 0.5) is 5.95 Å². The van der Waals surface area contributed by atoms with Crippen LogP contribution in [0.5, 0.6) is 0 Å². The Morgan fingerprint density at radius 2 is 1.80 bits per heavy atom. The maximum Gasteiger partial charge on any atom is 0.457 e. The normalized spacial score (nSPS) is 9.70. The van der Waals surface area contributed by atoms with E-state index in [4.69, 9.17) is 17.5 Å². The molecule has 20 heavy (non-hydrogen) atoms. The number of hydrogen-bond acceptors (Lipinski definition) is 8. The highest BCUT2D eigenvalue weighted by atomic mass is 32.3. The van der Waals surface area contributed by atoms with Crippen molar-refractivity contribution < 1.29 is 23.9 Å². The molecule has 0 spiro atoms. The average molecular weight is 316 g/mol. The molecule has 0 saturated heterocycles. The molecule has 0 unspecified atom stereocenters. The largest absolute Gasteiger partial charge is 0.457 e. The number of nitro groups is 1. The first-order valence-electron chi connectivity index (χ1n) is 4.16. The number of nitrogens with one attached hydrogen (secondary N) is 4. The summed E-state index contributed by atoms with van der Waals surface area (Å²) in [5, 5.41) is 20.1. The third kappa shape index (κ3) is 10.3. The van der Waals surface area contributed by atoms with Crippen LogP contribution in [0.15, 0.2) is 15.9 Å². The minimum absolute atomic E-state index is 0. The lowest BCUT2D eigenvalue weighted by Crippen LogP contribution is -2.01. The highest BCUT2D eigenvalue weighted by Crippen LogP contribution is 1.91. The van der Waals surface area contributed by atoms with E-state index in [9.17, 15) is 19.7 Å². The third-order valence-corrected chi connectivity index (χ3v) is 1.09. The van der Waals surface area contributed by atoms with Gasteiger partial charge in [-0.1, -0.05) is 0 Å². The molecule has 0 fully saturated rings. The van der Waals surface area contributed by atoms with Crippen molar-refractivity contribution in [2.24, 2.45) is 0 Å². The van der Waals surface area contributed by atoms with Crippen LogP contribution in [-0.2, 0) is 10.4 Å². The fourth-order valence-corrected chi connectivity index (χ4v) is 0.562. The van der Waals surface area contributed by atoms with Crippen molar-refractivity contribution in [1.29, 1.82) is 0 Å². The fraction of sp³-hybridized carbons (Fsp3) is 0. The number of nitrogens with zero attached hydrogens (tertiary/aromatic N) is 3. The summed E-state index contributed by atoms with van der Waals surface area (Å²) in [7, 11) is -4.67. The Balaban J connectivity index is 0. The molecule has 0 saturated carbocycles. The van der Waals surface area contributed by atoms with Gasteiger partial charge in [0.25, 0.3) is 0 Å². The van der Waals surface area contributed by atoms with Gasteiger partial charge < -0.3 is 10.1 Å². The highest BCUT2D eigenvalue weighted by molar-refractivity contribution is 7.79. The molecule has 2 aromatic heterocycles. The molecule has 6 N–H and O–H groups in total. The van der Waals surface area contributed by atoms with E-state index in [2.05, 4.69) is 20.3 Å². The van der Waals surface area contributed by atoms with Gasteiger partial charge in [0, 0.05) is 6.53 Å². The Bertz CT molecular complexity index is 716. The topological polar surface area (TPSA) is 241 Å². The van der Waals surface area contributed by atoms with Crippen molar-refractivity contribution in [2.45, 2.75) is 0 Å². The molecule has 0 bridgehead atoms. The zero-order valence-corrected chi connectivity index (χ0v) is 9.99. The Morgan fingerprint density at radius 1 is 1.25 bits per heavy atom. The van der Waals surface area contributed by atoms with Gasteiger partial charge >= 0.3 is 27.7 Å². The lowest BCUT2D eigenvalue weighted by atomic mass is 11.1. The van der Waals surface area contributed by atoms with Gasteiger partial charge in [-0.05, 0) is 4.92 Å². The van der Waals surface area contributed by atoms with Crippen LogP contribution in [0.2, 0.25) is 0 Å². The standard InChI is InChI=1S/C2H2N4O3.C2H3N3O.H2O4S.H2/c7-2-3-1(4-5-2)6(8)9;6-2-3-1-4-5-2;1-5(2,3)4;/h(H2,3,4,5,7);1H,(H2,3,4,5,6);(H2,1,2,3,4);1H/i;;;1+1. The molecule has 16 heteroatoms. The van der Waals surface area contributed by atoms with E-state index in [1.807, 2.05) is 10.1 Å². The quantitative estimate of drug-likeness (QED) is 0.186. The third-order valence-electron chi connectivity index (χ3n) is 1.09. The average Bonchev–Trinajstić information content (AvgIpc) is 2.87. The molecular weight excluding hydrogens is 306 g/mol. The van der Waals surface area contributed by atoms with E-state index in [-0.39, 0.29) is 7.12 Å². The van der Waals surface area contributed by atoms with Crippen molar-refractivity contribution in [2.75, 3.05) is 0 Å². The molecule has 2 aromatic rings. The van der Waals surface area contributed by atoms with Crippen molar-refractivity contribution in [1.82, 2.24) is 30.4 Å². The first-order valence-corrected chi connectivity index (χ1v) is 5.56. The number of hydrogen-bond donors (Lipinski definition) is 6. The fourth-order valence-electron chi connectivity index (χ4n) is 0.562. The second kappa shape index (κ2) is 7.56. The SMILES string of the molecule is O=S(=O)(O)O.O=c1[nH]cn[nH]1.O=c1[nH]nc([N+](=O)[O-])[nH]1.[2HH]. The van der Waals surface area contributed by atoms with Gasteiger partial charge in [0.15, 0.2) is 0 Å². The molecule has 0 aliphatic rings. The summed E-state index contributed by atoms with van der Waals surface area (Å²) < 4.78 is 31.6. The van der Waals surface area contributed by atoms with E-state index in [0.29, 0.717) is 0 Å². The molecule has 0 atom stereocenters. The van der Waals surface area contributed by atoms with Crippen LogP contribution in [-0.4, -0.2) is 52.8 Å². The van der Waals surface area contributed by atoms with Crippen LogP contribution >= 0.6 is 0 Å². The van der Waals surface area contributed by atoms with Gasteiger partial charge in [-0.15, -0.1) is 5.10 Å². The molecule has 0 aliphatic heterocycles. The second-order valence-corrected chi connectivity index (χ2v) is 3.45. The summed E-state index contributed by atoms with van der Waals surface area (Å²) in [6.07, 6.45) is 1.29. The van der Waals surface area contributed by atoms with Gasteiger partial charge in [0.05, 0.1) is 0 Å². The van der Waals surface area contributed by atoms with Gasteiger partial charge in [0.2, 0.25) is 0 Å². The molecule has 0 amide bonds. The van der Waals surface area contributed by atoms with E-state index in [0.717, 1.165) is 0 Å². The summed E-state index contributed by atoms with van der Waals surface area (Å²) in [6, 6.07) is 0. The predicted octanol–water partition coefficient (Wildman–Crippen LogP) is -2.30. The van der Waals surface area contributed by atoms with Crippen LogP contribution in [0, 0.1) is 10.1 Å². The maximum atomic E-state index is 10.1. The van der Waals surface area contributed by atoms with Crippen LogP contribution in [0.3, 0.4) is 0 Å². The predicted molar refractivity (Wildman–Crippen MR) is 61.4 cm³/mol. The van der Waals surface area contributed by atoms with E-state index in [1.165, 1.54) is 6.33 Å². The molecule has 0 aliphatic carbocycles. The van der Waals surface area contributed by atoms with Crippen LogP contribution in [0.1, 0.15) is 1.43 Å². The number of aromatic nitrogens is 6. The van der Waals surface area contributed by atoms with Gasteiger partial charge in [-0.3, -0.25) is 14.1 Å². The second-order valence-electron chi connectivity index (χ2n) is 2.55. The first kappa shape index (κ1) is 17.2. The van der Waals surface area contributed by atoms with Crippen LogP contribution < -0.4 is 11.4 Å². The summed E-state index contributed by atoms with van der Waals surface area (Å²) in [5.41, 5.74) is -0.947. The zero-order valence-electron chi connectivity index (χ0n) is 9.17. The number of H-pyrrole nitrogens is 4. The number of aromatic amines is 4. The van der Waals surface area contributed by atoms with Crippen molar-refractivity contribution >= 4 is 16.3 Å². The minimum Gasteiger partial charge on any atom is -0.390 e. The smallest absolute Gasteiger partial charge is 0.390 e. The van der Waals surface area contributed by atoms with Gasteiger partial charge in [0.1, 0.15) is 6.33 Å². The Labute approximate surface area is 109 Å². The molecule has 114 valence electrons. The molecule has 2 heterocycles. The lowest BCUT2D eigenvalue weighted by Gasteiger charge is -1.82. The summed E-state index contributed by atoms with van der Waals surface area (Å²) >= 11 is 0. The van der Waals surface area contributed by atoms with E-state index >= 15 is 0 Å².